The zero-order chi connectivity index (χ0) is 37.8. The number of aliphatic hydroxyl groups is 1. The van der Waals surface area contributed by atoms with Gasteiger partial charge in [0.2, 0.25) is 29.5 Å². The summed E-state index contributed by atoms with van der Waals surface area (Å²) in [6.45, 7) is 3.16. The summed E-state index contributed by atoms with van der Waals surface area (Å²) in [7, 11) is 0. The Hall–Kier alpha value is -4.65. The Kier molecular flexibility index (Phi) is 19.8. The van der Waals surface area contributed by atoms with Gasteiger partial charge in [0.25, 0.3) is 0 Å². The Labute approximate surface area is 290 Å². The van der Waals surface area contributed by atoms with E-state index in [4.69, 9.17) is 17.2 Å². The van der Waals surface area contributed by atoms with Crippen LogP contribution < -0.4 is 43.8 Å². The van der Waals surface area contributed by atoms with Crippen LogP contribution in [0, 0.1) is 0 Å². The number of nitrogens with one attached hydrogen (secondary N) is 5. The highest BCUT2D eigenvalue weighted by Gasteiger charge is 2.33. The lowest BCUT2D eigenvalue weighted by molar-refractivity contribution is -0.143. The quantitative estimate of drug-likeness (QED) is 0.0484. The second-order valence-electron chi connectivity index (χ2n) is 11.9. The van der Waals surface area contributed by atoms with Crippen molar-refractivity contribution >= 4 is 41.5 Å². The largest absolute Gasteiger partial charge is 0.481 e. The van der Waals surface area contributed by atoms with Crippen LogP contribution in [-0.2, 0) is 40.0 Å². The minimum Gasteiger partial charge on any atom is -0.481 e. The third-order valence-corrected chi connectivity index (χ3v) is 7.61. The van der Waals surface area contributed by atoms with Crippen LogP contribution in [0.5, 0.6) is 0 Å². The van der Waals surface area contributed by atoms with Crippen molar-refractivity contribution in [2.75, 3.05) is 13.1 Å². The predicted molar refractivity (Wildman–Crippen MR) is 181 cm³/mol. The third-order valence-electron chi connectivity index (χ3n) is 7.61. The van der Waals surface area contributed by atoms with E-state index >= 15 is 0 Å². The van der Waals surface area contributed by atoms with Crippen LogP contribution in [0.2, 0.25) is 0 Å². The minimum atomic E-state index is -1.60. The maximum atomic E-state index is 13.3. The van der Waals surface area contributed by atoms with Crippen molar-refractivity contribution in [3.8, 4) is 0 Å². The molecule has 0 saturated heterocycles. The number of carboxylic acids is 2. The number of benzene rings is 1. The first-order chi connectivity index (χ1) is 23.6. The van der Waals surface area contributed by atoms with E-state index in [9.17, 15) is 48.9 Å². The molecule has 0 heterocycles. The summed E-state index contributed by atoms with van der Waals surface area (Å²) in [6.07, 6.45) is -0.0771. The van der Waals surface area contributed by atoms with Gasteiger partial charge < -0.3 is 59.1 Å². The van der Waals surface area contributed by atoms with E-state index in [2.05, 4.69) is 26.6 Å². The van der Waals surface area contributed by atoms with E-state index in [1.54, 1.807) is 30.3 Å². The number of aliphatic carboxylic acids is 2. The SMILES string of the molecule is CC(NC(=O)C(CCCCN)NC(=O)C(CC(=O)O)NC(=O)C(N)CCCCN)C(=O)NC(C(=O)NC(Cc1ccccc1)C(=O)O)C(C)O. The summed E-state index contributed by atoms with van der Waals surface area (Å²) >= 11 is 0. The molecule has 0 fully saturated rings. The molecule has 50 heavy (non-hydrogen) atoms. The monoisotopic (exact) mass is 708 g/mol. The summed E-state index contributed by atoms with van der Waals surface area (Å²) < 4.78 is 0. The lowest BCUT2D eigenvalue weighted by atomic mass is 10.0. The standard InChI is InChI=1S/C32H52N8O10/c1-18(27(44)40-26(19(2)41)31(48)39-24(32(49)50)16-20-10-4-3-5-11-20)36-29(46)22(13-7-9-15-34)37-30(47)23(17-25(42)43)38-28(45)21(35)12-6-8-14-33/h3-5,10-11,18-19,21-24,26,41H,6-9,12-17,33-35H2,1-2H3,(H,36,46)(H,37,47)(H,38,45)(H,39,48)(H,40,44)(H,42,43)(H,49,50). The molecule has 0 aliphatic heterocycles. The van der Waals surface area contributed by atoms with Crippen molar-refractivity contribution in [2.45, 2.75) is 108 Å². The molecule has 18 nitrogen and oxygen atoms in total. The van der Waals surface area contributed by atoms with Gasteiger partial charge in [0, 0.05) is 6.42 Å². The first-order valence-electron chi connectivity index (χ1n) is 16.4. The van der Waals surface area contributed by atoms with Crippen LogP contribution in [0.15, 0.2) is 30.3 Å². The molecule has 5 amide bonds. The van der Waals surface area contributed by atoms with Gasteiger partial charge in [-0.25, -0.2) is 4.79 Å². The lowest BCUT2D eigenvalue weighted by Gasteiger charge is -2.26. The molecule has 1 aromatic carbocycles. The number of amides is 5. The van der Waals surface area contributed by atoms with Crippen molar-refractivity contribution in [3.05, 3.63) is 35.9 Å². The van der Waals surface area contributed by atoms with E-state index in [0.717, 1.165) is 0 Å². The van der Waals surface area contributed by atoms with Gasteiger partial charge in [-0.15, -0.1) is 0 Å². The number of rotatable bonds is 24. The molecule has 1 rings (SSSR count). The van der Waals surface area contributed by atoms with Crippen LogP contribution >= 0.6 is 0 Å². The van der Waals surface area contributed by atoms with Crippen molar-refractivity contribution in [3.63, 3.8) is 0 Å². The number of hydrogen-bond donors (Lipinski definition) is 11. The highest BCUT2D eigenvalue weighted by atomic mass is 16.4. The van der Waals surface area contributed by atoms with E-state index in [1.807, 2.05) is 0 Å². The van der Waals surface area contributed by atoms with E-state index in [0.29, 0.717) is 37.8 Å². The molecular formula is C32H52N8O10. The number of carbonyl (C=O) groups excluding carboxylic acids is 5. The topological polar surface area (TPSA) is 318 Å². The van der Waals surface area contributed by atoms with E-state index in [1.165, 1.54) is 13.8 Å². The molecule has 0 aliphatic rings. The maximum absolute atomic E-state index is 13.3. The molecule has 280 valence electrons. The average molecular weight is 709 g/mol. The molecule has 0 radical (unpaired) electrons. The first kappa shape index (κ1) is 43.4. The Bertz CT molecular complexity index is 1280. The van der Waals surface area contributed by atoms with Gasteiger partial charge in [-0.05, 0) is 64.6 Å². The molecule has 18 heteroatoms. The number of nitrogens with two attached hydrogens (primary N) is 3. The summed E-state index contributed by atoms with van der Waals surface area (Å²) in [4.78, 5) is 88.4. The Morgan fingerprint density at radius 3 is 1.74 bits per heavy atom. The van der Waals surface area contributed by atoms with Crippen molar-refractivity contribution < 1.29 is 48.9 Å². The van der Waals surface area contributed by atoms with Gasteiger partial charge in [-0.2, -0.15) is 0 Å². The molecule has 1 aromatic rings. The highest BCUT2D eigenvalue weighted by Crippen LogP contribution is 2.07. The number of carbonyl (C=O) groups is 7. The van der Waals surface area contributed by atoms with Gasteiger partial charge in [-0.1, -0.05) is 36.8 Å². The number of hydrogen-bond acceptors (Lipinski definition) is 11. The summed E-state index contributed by atoms with van der Waals surface area (Å²) in [5.74, 6) is -7.21. The number of unbranched alkanes of at least 4 members (excludes halogenated alkanes) is 2. The fourth-order valence-electron chi connectivity index (χ4n) is 4.71. The van der Waals surface area contributed by atoms with Crippen molar-refractivity contribution in [1.29, 1.82) is 0 Å². The van der Waals surface area contributed by atoms with Crippen molar-refractivity contribution in [2.24, 2.45) is 17.2 Å². The minimum absolute atomic E-state index is 0.0339. The maximum Gasteiger partial charge on any atom is 0.326 e. The molecule has 0 aromatic heterocycles. The third kappa shape index (κ3) is 16.2. The molecule has 14 N–H and O–H groups in total. The first-order valence-corrected chi connectivity index (χ1v) is 16.4. The van der Waals surface area contributed by atoms with Crippen LogP contribution in [0.4, 0.5) is 0 Å². The van der Waals surface area contributed by atoms with Gasteiger partial charge in [0.15, 0.2) is 0 Å². The smallest absolute Gasteiger partial charge is 0.326 e. The zero-order valence-corrected chi connectivity index (χ0v) is 28.4. The van der Waals surface area contributed by atoms with Gasteiger partial charge >= 0.3 is 11.9 Å². The van der Waals surface area contributed by atoms with Crippen molar-refractivity contribution in [1.82, 2.24) is 26.6 Å². The zero-order valence-electron chi connectivity index (χ0n) is 28.4. The van der Waals surface area contributed by atoms with E-state index in [-0.39, 0.29) is 25.8 Å². The molecule has 0 saturated carbocycles. The number of carboxylic acid groups (broad SMARTS) is 2. The summed E-state index contributed by atoms with van der Waals surface area (Å²) in [5, 5.41) is 41.0. The van der Waals surface area contributed by atoms with Gasteiger partial charge in [-0.3, -0.25) is 28.8 Å². The van der Waals surface area contributed by atoms with Crippen LogP contribution in [-0.4, -0.2) is 112 Å². The molecule has 0 spiro atoms. The van der Waals surface area contributed by atoms with Crippen LogP contribution in [0.1, 0.15) is 64.4 Å². The van der Waals surface area contributed by atoms with Crippen LogP contribution in [0.3, 0.4) is 0 Å². The van der Waals surface area contributed by atoms with Crippen LogP contribution in [0.25, 0.3) is 0 Å². The Balaban J connectivity index is 3.01. The summed E-state index contributed by atoms with van der Waals surface area (Å²) in [6, 6.07) is 0.308. The fourth-order valence-corrected chi connectivity index (χ4v) is 4.71. The molecule has 0 aliphatic carbocycles. The highest BCUT2D eigenvalue weighted by molar-refractivity contribution is 5.97. The summed E-state index contributed by atoms with van der Waals surface area (Å²) in [5.41, 5.74) is 17.5. The normalized spacial score (nSPS) is 15.2. The second kappa shape index (κ2) is 22.9. The van der Waals surface area contributed by atoms with Gasteiger partial charge in [0.1, 0.15) is 30.2 Å². The van der Waals surface area contributed by atoms with E-state index < -0.39 is 90.3 Å². The van der Waals surface area contributed by atoms with Gasteiger partial charge in [0.05, 0.1) is 18.6 Å². The lowest BCUT2D eigenvalue weighted by Crippen LogP contribution is -2.60. The Morgan fingerprint density at radius 1 is 0.660 bits per heavy atom. The predicted octanol–water partition coefficient (Wildman–Crippen LogP) is -2.80. The molecule has 7 atom stereocenters. The molecular weight excluding hydrogens is 656 g/mol. The average Bonchev–Trinajstić information content (AvgIpc) is 3.05. The molecule has 0 bridgehead atoms. The fraction of sp³-hybridized carbons (Fsp3) is 0.594. The molecule has 7 unspecified atom stereocenters. The number of aliphatic hydroxyl groups excluding tert-OH is 1. The second-order valence-corrected chi connectivity index (χ2v) is 11.9. The Morgan fingerprint density at radius 2 is 1.20 bits per heavy atom.